The molecular formula is C22H19N3O2. The third-order valence-electron chi connectivity index (χ3n) is 4.30. The van der Waals surface area contributed by atoms with Crippen LogP contribution in [0.2, 0.25) is 0 Å². The Morgan fingerprint density at radius 3 is 2.00 bits per heavy atom. The molecule has 0 amide bonds. The van der Waals surface area contributed by atoms with Crippen molar-refractivity contribution in [1.82, 2.24) is 9.97 Å². The van der Waals surface area contributed by atoms with Crippen molar-refractivity contribution in [3.8, 4) is 22.9 Å². The van der Waals surface area contributed by atoms with Gasteiger partial charge in [-0.15, -0.1) is 0 Å². The van der Waals surface area contributed by atoms with Gasteiger partial charge in [0.15, 0.2) is 5.82 Å². The number of benzene rings is 3. The van der Waals surface area contributed by atoms with Crippen molar-refractivity contribution >= 4 is 22.4 Å². The van der Waals surface area contributed by atoms with E-state index in [4.69, 9.17) is 19.4 Å². The predicted molar refractivity (Wildman–Crippen MR) is 108 cm³/mol. The first-order chi connectivity index (χ1) is 13.3. The molecule has 5 heteroatoms. The maximum atomic E-state index is 5.23. The highest BCUT2D eigenvalue weighted by Gasteiger charge is 2.10. The summed E-state index contributed by atoms with van der Waals surface area (Å²) in [6.45, 7) is 0. The fourth-order valence-corrected chi connectivity index (χ4v) is 2.85. The molecule has 0 aliphatic heterocycles. The number of ether oxygens (including phenoxy) is 2. The Labute approximate surface area is 157 Å². The van der Waals surface area contributed by atoms with E-state index in [1.54, 1.807) is 14.2 Å². The Balaban J connectivity index is 1.77. The van der Waals surface area contributed by atoms with Crippen molar-refractivity contribution in [2.75, 3.05) is 19.5 Å². The first-order valence-electron chi connectivity index (χ1n) is 8.59. The van der Waals surface area contributed by atoms with Gasteiger partial charge in [0.1, 0.15) is 17.3 Å². The molecule has 1 aromatic heterocycles. The summed E-state index contributed by atoms with van der Waals surface area (Å²) in [5.41, 5.74) is 2.74. The lowest BCUT2D eigenvalue weighted by atomic mass is 10.1. The highest BCUT2D eigenvalue weighted by molar-refractivity contribution is 5.92. The molecule has 3 aromatic carbocycles. The minimum Gasteiger partial charge on any atom is -0.497 e. The monoisotopic (exact) mass is 357 g/mol. The maximum absolute atomic E-state index is 5.23. The Hall–Kier alpha value is -3.60. The largest absolute Gasteiger partial charge is 0.497 e. The molecule has 0 unspecified atom stereocenters. The number of anilines is 2. The Bertz CT molecular complexity index is 1060. The van der Waals surface area contributed by atoms with Gasteiger partial charge in [-0.2, -0.15) is 0 Å². The van der Waals surface area contributed by atoms with Crippen molar-refractivity contribution in [3.05, 3.63) is 72.8 Å². The Morgan fingerprint density at radius 1 is 0.704 bits per heavy atom. The molecule has 4 rings (SSSR count). The van der Waals surface area contributed by atoms with Crippen LogP contribution in [0, 0.1) is 0 Å². The van der Waals surface area contributed by atoms with E-state index in [2.05, 4.69) is 5.32 Å². The van der Waals surface area contributed by atoms with E-state index in [-0.39, 0.29) is 0 Å². The van der Waals surface area contributed by atoms with Crippen LogP contribution in [0.3, 0.4) is 0 Å². The normalized spacial score (nSPS) is 10.6. The first-order valence-corrected chi connectivity index (χ1v) is 8.59. The fraction of sp³-hybridized carbons (Fsp3) is 0.0909. The summed E-state index contributed by atoms with van der Waals surface area (Å²) in [5.74, 6) is 3.03. The molecule has 0 radical (unpaired) electrons. The summed E-state index contributed by atoms with van der Waals surface area (Å²) < 4.78 is 10.5. The predicted octanol–water partition coefficient (Wildman–Crippen LogP) is 5.06. The van der Waals surface area contributed by atoms with Gasteiger partial charge < -0.3 is 14.8 Å². The molecule has 27 heavy (non-hydrogen) atoms. The summed E-state index contributed by atoms with van der Waals surface area (Å²) in [6, 6.07) is 23.4. The van der Waals surface area contributed by atoms with Crippen LogP contribution in [0.15, 0.2) is 72.8 Å². The number of methoxy groups -OCH3 is 2. The molecule has 0 atom stereocenters. The van der Waals surface area contributed by atoms with Crippen LogP contribution in [0.5, 0.6) is 11.5 Å². The van der Waals surface area contributed by atoms with E-state index in [0.29, 0.717) is 5.82 Å². The molecule has 0 bridgehead atoms. The van der Waals surface area contributed by atoms with Gasteiger partial charge in [-0.25, -0.2) is 9.97 Å². The number of nitrogens with zero attached hydrogens (tertiary/aromatic N) is 2. The number of fused-ring (bicyclic) bond motifs is 1. The minimum atomic E-state index is 0.660. The number of aromatic nitrogens is 2. The highest BCUT2D eigenvalue weighted by Crippen LogP contribution is 2.28. The van der Waals surface area contributed by atoms with Gasteiger partial charge in [-0.3, -0.25) is 0 Å². The van der Waals surface area contributed by atoms with Crippen LogP contribution >= 0.6 is 0 Å². The second-order valence-electron chi connectivity index (χ2n) is 5.99. The Morgan fingerprint density at radius 2 is 1.33 bits per heavy atom. The lowest BCUT2D eigenvalue weighted by Crippen LogP contribution is -1.99. The second-order valence-corrected chi connectivity index (χ2v) is 5.99. The summed E-state index contributed by atoms with van der Waals surface area (Å²) in [7, 11) is 3.31. The number of rotatable bonds is 5. The first kappa shape index (κ1) is 16.8. The third-order valence-corrected chi connectivity index (χ3v) is 4.30. The zero-order chi connectivity index (χ0) is 18.6. The average Bonchev–Trinajstić information content (AvgIpc) is 2.74. The number of hydrogen-bond acceptors (Lipinski definition) is 5. The molecule has 4 aromatic rings. The summed E-state index contributed by atoms with van der Waals surface area (Å²) >= 11 is 0. The minimum absolute atomic E-state index is 0.660. The number of para-hydroxylation sites is 1. The molecular weight excluding hydrogens is 338 g/mol. The van der Waals surface area contributed by atoms with Crippen molar-refractivity contribution in [2.24, 2.45) is 0 Å². The lowest BCUT2D eigenvalue weighted by molar-refractivity contribution is 0.415. The van der Waals surface area contributed by atoms with Gasteiger partial charge >= 0.3 is 0 Å². The van der Waals surface area contributed by atoms with E-state index in [1.807, 2.05) is 72.8 Å². The van der Waals surface area contributed by atoms with Crippen LogP contribution < -0.4 is 14.8 Å². The standard InChI is InChI=1S/C22H19N3O2/c1-26-17-11-7-15(8-12-17)21-24-20-6-4-3-5-19(20)22(25-21)23-16-9-13-18(27-2)14-10-16/h3-14H,1-2H3,(H,23,24,25). The smallest absolute Gasteiger partial charge is 0.162 e. The van der Waals surface area contributed by atoms with E-state index in [9.17, 15) is 0 Å². The van der Waals surface area contributed by atoms with E-state index in [0.717, 1.165) is 39.5 Å². The lowest BCUT2D eigenvalue weighted by Gasteiger charge is -2.12. The van der Waals surface area contributed by atoms with Crippen LogP contribution in [0.1, 0.15) is 0 Å². The molecule has 1 heterocycles. The number of nitrogens with one attached hydrogen (secondary N) is 1. The molecule has 0 spiro atoms. The van der Waals surface area contributed by atoms with Crippen LogP contribution in [0.4, 0.5) is 11.5 Å². The van der Waals surface area contributed by atoms with Crippen molar-refractivity contribution in [3.63, 3.8) is 0 Å². The Kier molecular flexibility index (Phi) is 4.58. The van der Waals surface area contributed by atoms with Crippen LogP contribution in [0.25, 0.3) is 22.3 Å². The van der Waals surface area contributed by atoms with Crippen molar-refractivity contribution in [1.29, 1.82) is 0 Å². The molecule has 0 saturated carbocycles. The van der Waals surface area contributed by atoms with Gasteiger partial charge in [-0.1, -0.05) is 12.1 Å². The summed E-state index contributed by atoms with van der Waals surface area (Å²) in [6.07, 6.45) is 0. The number of hydrogen-bond donors (Lipinski definition) is 1. The van der Waals surface area contributed by atoms with E-state index < -0.39 is 0 Å². The molecule has 0 fully saturated rings. The summed E-state index contributed by atoms with van der Waals surface area (Å²) in [4.78, 5) is 9.49. The molecule has 0 saturated heterocycles. The maximum Gasteiger partial charge on any atom is 0.162 e. The molecule has 5 nitrogen and oxygen atoms in total. The zero-order valence-electron chi connectivity index (χ0n) is 15.1. The van der Waals surface area contributed by atoms with Crippen molar-refractivity contribution in [2.45, 2.75) is 0 Å². The van der Waals surface area contributed by atoms with Crippen LogP contribution in [-0.2, 0) is 0 Å². The topological polar surface area (TPSA) is 56.3 Å². The third kappa shape index (κ3) is 3.53. The van der Waals surface area contributed by atoms with E-state index in [1.165, 1.54) is 0 Å². The van der Waals surface area contributed by atoms with E-state index >= 15 is 0 Å². The zero-order valence-corrected chi connectivity index (χ0v) is 15.1. The molecule has 0 aliphatic rings. The SMILES string of the molecule is COc1ccc(Nc2nc(-c3ccc(OC)cc3)nc3ccccc23)cc1. The molecule has 0 aliphatic carbocycles. The van der Waals surface area contributed by atoms with Gasteiger partial charge in [-0.05, 0) is 60.7 Å². The van der Waals surface area contributed by atoms with Gasteiger partial charge in [0.2, 0.25) is 0 Å². The average molecular weight is 357 g/mol. The highest BCUT2D eigenvalue weighted by atomic mass is 16.5. The fourth-order valence-electron chi connectivity index (χ4n) is 2.85. The van der Waals surface area contributed by atoms with Crippen molar-refractivity contribution < 1.29 is 9.47 Å². The molecule has 134 valence electrons. The van der Waals surface area contributed by atoms with Crippen LogP contribution in [-0.4, -0.2) is 24.2 Å². The van der Waals surface area contributed by atoms with Gasteiger partial charge in [0.05, 0.1) is 19.7 Å². The van der Waals surface area contributed by atoms with Gasteiger partial charge in [0.25, 0.3) is 0 Å². The summed E-state index contributed by atoms with van der Waals surface area (Å²) in [5, 5.41) is 4.36. The van der Waals surface area contributed by atoms with Gasteiger partial charge in [0, 0.05) is 16.6 Å². The second kappa shape index (κ2) is 7.33. The molecule has 1 N–H and O–H groups in total. The quantitative estimate of drug-likeness (QED) is 0.541.